The van der Waals surface area contributed by atoms with Gasteiger partial charge in [-0.15, -0.1) is 0 Å². The standard InChI is InChI=1S/C24H27N9O/c1-14-10-19(31-34-14)24(13-25)15-6-9-32(12-16(15)24)20-11-27-21-22(28-20)29-30-23(21)33-8-3-4-17-18(33)5-2-7-26-17/h2,5,7,10-11,15-16H,3-4,6,8-9,12-13,25H2,1H3,(H,28,29,30). The van der Waals surface area contributed by atoms with Crippen molar-refractivity contribution in [2.45, 2.75) is 31.6 Å². The molecule has 0 spiro atoms. The van der Waals surface area contributed by atoms with Gasteiger partial charge in [-0.25, -0.2) is 9.97 Å². The van der Waals surface area contributed by atoms with Gasteiger partial charge in [-0.1, -0.05) is 5.16 Å². The lowest BCUT2D eigenvalue weighted by Gasteiger charge is -2.28. The van der Waals surface area contributed by atoms with Crippen LogP contribution in [0.25, 0.3) is 11.2 Å². The number of aromatic amines is 1. The van der Waals surface area contributed by atoms with Gasteiger partial charge in [0.2, 0.25) is 0 Å². The molecule has 1 saturated carbocycles. The van der Waals surface area contributed by atoms with Crippen LogP contribution in [0.4, 0.5) is 17.3 Å². The van der Waals surface area contributed by atoms with Crippen LogP contribution in [0.15, 0.2) is 35.1 Å². The molecule has 0 amide bonds. The Bertz CT molecular complexity index is 1380. The highest BCUT2D eigenvalue weighted by Gasteiger charge is 2.67. The predicted octanol–water partition coefficient (Wildman–Crippen LogP) is 2.48. The number of H-pyrrole nitrogens is 1. The molecule has 3 aliphatic rings. The van der Waals surface area contributed by atoms with E-state index < -0.39 is 0 Å². The molecule has 0 bridgehead atoms. The molecule has 1 saturated heterocycles. The van der Waals surface area contributed by atoms with Gasteiger partial charge in [-0.2, -0.15) is 5.10 Å². The number of fused-ring (bicyclic) bond motifs is 3. The van der Waals surface area contributed by atoms with E-state index in [0.29, 0.717) is 24.0 Å². The molecule has 2 aliphatic heterocycles. The second-order valence-corrected chi connectivity index (χ2v) is 9.71. The van der Waals surface area contributed by atoms with Crippen LogP contribution < -0.4 is 15.5 Å². The molecule has 1 aliphatic carbocycles. The van der Waals surface area contributed by atoms with Crippen LogP contribution in [0.1, 0.15) is 30.0 Å². The van der Waals surface area contributed by atoms with Gasteiger partial charge < -0.3 is 20.1 Å². The molecule has 10 nitrogen and oxygen atoms in total. The van der Waals surface area contributed by atoms with Crippen LogP contribution in [0.2, 0.25) is 0 Å². The molecule has 4 aromatic heterocycles. The van der Waals surface area contributed by atoms with Gasteiger partial charge in [0.05, 0.1) is 23.3 Å². The summed E-state index contributed by atoms with van der Waals surface area (Å²) < 4.78 is 5.37. The zero-order valence-electron chi connectivity index (χ0n) is 19.1. The van der Waals surface area contributed by atoms with Crippen molar-refractivity contribution >= 4 is 28.5 Å². The summed E-state index contributed by atoms with van der Waals surface area (Å²) in [6.45, 7) is 5.22. The highest BCUT2D eigenvalue weighted by Crippen LogP contribution is 2.62. The van der Waals surface area contributed by atoms with Crippen molar-refractivity contribution in [1.82, 2.24) is 30.3 Å². The number of nitrogens with one attached hydrogen (secondary N) is 1. The Hall–Kier alpha value is -3.53. The Balaban J connectivity index is 1.17. The molecule has 3 atom stereocenters. The number of piperidine rings is 1. The van der Waals surface area contributed by atoms with Crippen molar-refractivity contribution in [2.75, 3.05) is 36.0 Å². The van der Waals surface area contributed by atoms with E-state index in [1.165, 1.54) is 0 Å². The Labute approximate surface area is 196 Å². The predicted molar refractivity (Wildman–Crippen MR) is 127 cm³/mol. The summed E-state index contributed by atoms with van der Waals surface area (Å²) >= 11 is 0. The highest BCUT2D eigenvalue weighted by atomic mass is 16.5. The van der Waals surface area contributed by atoms with Crippen molar-refractivity contribution in [3.63, 3.8) is 0 Å². The van der Waals surface area contributed by atoms with E-state index in [2.05, 4.69) is 36.2 Å². The van der Waals surface area contributed by atoms with E-state index in [9.17, 15) is 0 Å². The van der Waals surface area contributed by atoms with Crippen molar-refractivity contribution in [3.8, 4) is 0 Å². The Morgan fingerprint density at radius 2 is 2.21 bits per heavy atom. The van der Waals surface area contributed by atoms with E-state index in [-0.39, 0.29) is 5.41 Å². The van der Waals surface area contributed by atoms with E-state index in [0.717, 1.165) is 78.9 Å². The van der Waals surface area contributed by atoms with Crippen molar-refractivity contribution in [1.29, 1.82) is 0 Å². The third kappa shape index (κ3) is 2.74. The summed E-state index contributed by atoms with van der Waals surface area (Å²) in [5, 5.41) is 12.0. The normalized spacial score (nSPS) is 25.9. The van der Waals surface area contributed by atoms with Crippen LogP contribution in [0.5, 0.6) is 0 Å². The minimum Gasteiger partial charge on any atom is -0.361 e. The molecule has 174 valence electrons. The van der Waals surface area contributed by atoms with Crippen LogP contribution in [0.3, 0.4) is 0 Å². The molecule has 7 rings (SSSR count). The summed E-state index contributed by atoms with van der Waals surface area (Å²) in [4.78, 5) is 18.8. The second-order valence-electron chi connectivity index (χ2n) is 9.71. The van der Waals surface area contributed by atoms with Gasteiger partial charge in [0.25, 0.3) is 0 Å². The number of anilines is 3. The Morgan fingerprint density at radius 1 is 1.26 bits per heavy atom. The molecule has 6 heterocycles. The van der Waals surface area contributed by atoms with Gasteiger partial charge in [0.1, 0.15) is 11.6 Å². The first-order chi connectivity index (χ1) is 16.7. The maximum atomic E-state index is 6.29. The lowest BCUT2D eigenvalue weighted by Crippen LogP contribution is -2.32. The van der Waals surface area contributed by atoms with Crippen molar-refractivity contribution in [2.24, 2.45) is 17.6 Å². The first-order valence-corrected chi connectivity index (χ1v) is 12.0. The number of nitrogens with zero attached hydrogens (tertiary/aromatic N) is 7. The number of pyridine rings is 1. The van der Waals surface area contributed by atoms with Gasteiger partial charge in [0, 0.05) is 43.9 Å². The van der Waals surface area contributed by atoms with Gasteiger partial charge in [-0.3, -0.25) is 10.1 Å². The average molecular weight is 458 g/mol. The summed E-state index contributed by atoms with van der Waals surface area (Å²) in [6.07, 6.45) is 6.80. The van der Waals surface area contributed by atoms with E-state index in [4.69, 9.17) is 20.2 Å². The van der Waals surface area contributed by atoms with Crippen LogP contribution in [-0.2, 0) is 11.8 Å². The SMILES string of the molecule is Cc1cc(C2(CN)C3CCN(c4cnc5c(N6CCCc7ncccc76)n[nH]c5n4)CC32)no1. The minimum absolute atomic E-state index is 0.0825. The third-order valence-electron chi connectivity index (χ3n) is 8.04. The maximum Gasteiger partial charge on any atom is 0.183 e. The smallest absolute Gasteiger partial charge is 0.183 e. The minimum atomic E-state index is -0.0825. The monoisotopic (exact) mass is 457 g/mol. The molecule has 4 aromatic rings. The van der Waals surface area contributed by atoms with E-state index in [1.807, 2.05) is 31.5 Å². The number of aromatic nitrogens is 6. The summed E-state index contributed by atoms with van der Waals surface area (Å²) in [7, 11) is 0. The average Bonchev–Trinajstić information content (AvgIpc) is 3.12. The molecular formula is C24H27N9O. The molecule has 3 N–H and O–H groups in total. The van der Waals surface area contributed by atoms with Crippen LogP contribution >= 0.6 is 0 Å². The third-order valence-corrected chi connectivity index (χ3v) is 8.04. The molecule has 3 unspecified atom stereocenters. The van der Waals surface area contributed by atoms with Gasteiger partial charge >= 0.3 is 0 Å². The summed E-state index contributed by atoms with van der Waals surface area (Å²) in [5.41, 5.74) is 10.9. The maximum absolute atomic E-state index is 6.29. The van der Waals surface area contributed by atoms with Crippen molar-refractivity contribution in [3.05, 3.63) is 47.7 Å². The van der Waals surface area contributed by atoms with Crippen LogP contribution in [0, 0.1) is 18.8 Å². The molecule has 10 heteroatoms. The second kappa shape index (κ2) is 7.23. The number of rotatable bonds is 4. The van der Waals surface area contributed by atoms with Crippen LogP contribution in [-0.4, -0.2) is 56.5 Å². The fourth-order valence-corrected chi connectivity index (χ4v) is 6.29. The molecule has 34 heavy (non-hydrogen) atoms. The first-order valence-electron chi connectivity index (χ1n) is 12.0. The van der Waals surface area contributed by atoms with Gasteiger partial charge in [-0.05, 0) is 50.2 Å². The number of aryl methyl sites for hydroxylation is 2. The molecule has 0 aromatic carbocycles. The lowest BCUT2D eigenvalue weighted by atomic mass is 9.97. The topological polar surface area (TPSA) is 126 Å². The van der Waals surface area contributed by atoms with E-state index in [1.54, 1.807) is 0 Å². The van der Waals surface area contributed by atoms with Gasteiger partial charge in [0.15, 0.2) is 17.0 Å². The molecular weight excluding hydrogens is 430 g/mol. The summed E-state index contributed by atoms with van der Waals surface area (Å²) in [5.74, 6) is 3.51. The lowest BCUT2D eigenvalue weighted by molar-refractivity contribution is 0.379. The highest BCUT2D eigenvalue weighted by molar-refractivity contribution is 5.87. The van der Waals surface area contributed by atoms with E-state index >= 15 is 0 Å². The first kappa shape index (κ1) is 19.9. The fraction of sp³-hybridized carbons (Fsp3) is 0.458. The molecule has 2 fully saturated rings. The zero-order chi connectivity index (χ0) is 22.9. The largest absolute Gasteiger partial charge is 0.361 e. The van der Waals surface area contributed by atoms with Crippen molar-refractivity contribution < 1.29 is 4.52 Å². The Morgan fingerprint density at radius 3 is 3.06 bits per heavy atom. The fourth-order valence-electron chi connectivity index (χ4n) is 6.29. The quantitative estimate of drug-likeness (QED) is 0.475. The number of hydrogen-bond acceptors (Lipinski definition) is 9. The number of hydrogen-bond donors (Lipinski definition) is 2. The Kier molecular flexibility index (Phi) is 4.23. The molecule has 0 radical (unpaired) electrons. The number of nitrogens with two attached hydrogens (primary N) is 1. The zero-order valence-corrected chi connectivity index (χ0v) is 19.1. The summed E-state index contributed by atoms with van der Waals surface area (Å²) in [6, 6.07) is 6.12.